The van der Waals surface area contributed by atoms with Gasteiger partial charge in [-0.05, 0) is 30.2 Å². The van der Waals surface area contributed by atoms with Gasteiger partial charge in [0.25, 0.3) is 5.91 Å². The lowest BCUT2D eigenvalue weighted by Gasteiger charge is -2.36. The van der Waals surface area contributed by atoms with Crippen LogP contribution in [0.4, 0.5) is 0 Å². The molecule has 2 rings (SSSR count). The summed E-state index contributed by atoms with van der Waals surface area (Å²) in [6.07, 6.45) is -0.812. The summed E-state index contributed by atoms with van der Waals surface area (Å²) in [4.78, 5) is 40.9. The first kappa shape index (κ1) is 25.4. The van der Waals surface area contributed by atoms with E-state index in [0.29, 0.717) is 18.7 Å². The summed E-state index contributed by atoms with van der Waals surface area (Å²) in [5.74, 6) is -0.966. The average Bonchev–Trinajstić information content (AvgIpc) is 2.89. The highest BCUT2D eigenvalue weighted by Crippen LogP contribution is 2.37. The maximum atomic E-state index is 13.4. The molecular weight excluding hydrogens is 414 g/mol. The summed E-state index contributed by atoms with van der Waals surface area (Å²) in [6, 6.07) is 7.34. The number of carbonyl (C=O) groups is 3. The normalized spacial score (nSPS) is 21.4. The smallest absolute Gasteiger partial charge is 0.258 e. The van der Waals surface area contributed by atoms with Crippen molar-refractivity contribution < 1.29 is 19.5 Å². The van der Waals surface area contributed by atoms with E-state index >= 15 is 0 Å². The second kappa shape index (κ2) is 11.6. The third kappa shape index (κ3) is 6.79. The first-order chi connectivity index (χ1) is 14.6. The Morgan fingerprint density at radius 2 is 1.74 bits per heavy atom. The zero-order chi connectivity index (χ0) is 23.1. The van der Waals surface area contributed by atoms with E-state index in [9.17, 15) is 19.5 Å². The minimum absolute atomic E-state index is 0.0440. The molecule has 172 valence electrons. The fourth-order valence-electron chi connectivity index (χ4n) is 3.75. The number of hydrogen-bond donors (Lipinski definition) is 3. The number of nitrogens with zero attached hydrogens (tertiary/aromatic N) is 1. The van der Waals surface area contributed by atoms with Crippen LogP contribution in [-0.4, -0.2) is 58.2 Å². The Hall–Kier alpha value is -1.90. The molecule has 1 heterocycles. The summed E-state index contributed by atoms with van der Waals surface area (Å²) < 4.78 is 0. The SMILES string of the molecule is CC(C)C[C@H](N)C(=O)N(C(=O)[C@@H](O)CC(C)C)[C@@H]1C(=O)NCCS[C@@H]1c1ccccc1. The van der Waals surface area contributed by atoms with Crippen LogP contribution in [0.3, 0.4) is 0 Å². The Kier molecular flexibility index (Phi) is 9.53. The average molecular weight is 450 g/mol. The molecule has 3 amide bonds. The Morgan fingerprint density at radius 1 is 1.13 bits per heavy atom. The Labute approximate surface area is 189 Å². The van der Waals surface area contributed by atoms with Crippen LogP contribution in [0, 0.1) is 11.8 Å². The van der Waals surface area contributed by atoms with Crippen LogP contribution in [0.25, 0.3) is 0 Å². The molecule has 0 aliphatic carbocycles. The molecule has 1 fully saturated rings. The van der Waals surface area contributed by atoms with Gasteiger partial charge in [-0.3, -0.25) is 19.3 Å². The first-order valence-electron chi connectivity index (χ1n) is 10.9. The van der Waals surface area contributed by atoms with Crippen molar-refractivity contribution in [1.29, 1.82) is 0 Å². The van der Waals surface area contributed by atoms with E-state index in [1.165, 1.54) is 11.8 Å². The maximum Gasteiger partial charge on any atom is 0.258 e. The number of thioether (sulfide) groups is 1. The molecule has 4 N–H and O–H groups in total. The van der Waals surface area contributed by atoms with Gasteiger partial charge in [-0.1, -0.05) is 58.0 Å². The molecule has 1 aromatic rings. The van der Waals surface area contributed by atoms with Crippen LogP contribution in [0.2, 0.25) is 0 Å². The quantitative estimate of drug-likeness (QED) is 0.560. The predicted octanol–water partition coefficient (Wildman–Crippen LogP) is 2.09. The van der Waals surface area contributed by atoms with Gasteiger partial charge in [0.1, 0.15) is 12.1 Å². The van der Waals surface area contributed by atoms with Gasteiger partial charge in [0.05, 0.1) is 11.3 Å². The molecule has 7 nitrogen and oxygen atoms in total. The Bertz CT molecular complexity index is 728. The van der Waals surface area contributed by atoms with E-state index in [1.807, 2.05) is 58.0 Å². The molecule has 1 aliphatic rings. The largest absolute Gasteiger partial charge is 0.383 e. The van der Waals surface area contributed by atoms with Crippen molar-refractivity contribution in [3.63, 3.8) is 0 Å². The lowest BCUT2D eigenvalue weighted by Crippen LogP contribution is -2.60. The van der Waals surface area contributed by atoms with E-state index in [2.05, 4.69) is 5.32 Å². The molecule has 4 atom stereocenters. The number of aliphatic hydroxyl groups excluding tert-OH is 1. The molecule has 1 saturated heterocycles. The van der Waals surface area contributed by atoms with E-state index in [-0.39, 0.29) is 18.3 Å². The molecule has 0 radical (unpaired) electrons. The highest BCUT2D eigenvalue weighted by Gasteiger charge is 2.45. The topological polar surface area (TPSA) is 113 Å². The van der Waals surface area contributed by atoms with Crippen molar-refractivity contribution in [1.82, 2.24) is 10.2 Å². The van der Waals surface area contributed by atoms with Gasteiger partial charge in [-0.25, -0.2) is 0 Å². The number of benzene rings is 1. The molecule has 0 spiro atoms. The molecule has 1 aliphatic heterocycles. The van der Waals surface area contributed by atoms with Crippen molar-refractivity contribution in [2.45, 2.75) is 64.0 Å². The molecule has 0 saturated carbocycles. The molecule has 1 aromatic carbocycles. The molecule has 0 unspecified atom stereocenters. The number of hydrogen-bond acceptors (Lipinski definition) is 6. The number of imide groups is 1. The van der Waals surface area contributed by atoms with Gasteiger partial charge in [-0.2, -0.15) is 0 Å². The monoisotopic (exact) mass is 449 g/mol. The predicted molar refractivity (Wildman–Crippen MR) is 123 cm³/mol. The fourth-order valence-corrected chi connectivity index (χ4v) is 5.00. The Morgan fingerprint density at radius 3 is 2.32 bits per heavy atom. The van der Waals surface area contributed by atoms with Crippen molar-refractivity contribution >= 4 is 29.5 Å². The van der Waals surface area contributed by atoms with Crippen LogP contribution < -0.4 is 11.1 Å². The van der Waals surface area contributed by atoms with Crippen molar-refractivity contribution in [3.8, 4) is 0 Å². The number of carbonyl (C=O) groups excluding carboxylic acids is 3. The number of rotatable bonds is 8. The summed E-state index contributed by atoms with van der Waals surface area (Å²) in [5.41, 5.74) is 7.01. The van der Waals surface area contributed by atoms with Crippen LogP contribution in [0.15, 0.2) is 30.3 Å². The lowest BCUT2D eigenvalue weighted by molar-refractivity contribution is -0.158. The van der Waals surface area contributed by atoms with E-state index in [1.54, 1.807) is 0 Å². The second-order valence-electron chi connectivity index (χ2n) is 8.87. The van der Waals surface area contributed by atoms with Crippen LogP contribution in [-0.2, 0) is 14.4 Å². The van der Waals surface area contributed by atoms with Crippen LogP contribution >= 0.6 is 11.8 Å². The van der Waals surface area contributed by atoms with Crippen molar-refractivity contribution in [2.24, 2.45) is 17.6 Å². The molecular formula is C23H35N3O4S. The fraction of sp³-hybridized carbons (Fsp3) is 0.609. The van der Waals surface area contributed by atoms with Gasteiger partial charge < -0.3 is 16.2 Å². The van der Waals surface area contributed by atoms with Crippen molar-refractivity contribution in [2.75, 3.05) is 12.3 Å². The third-order valence-electron chi connectivity index (χ3n) is 5.16. The summed E-state index contributed by atoms with van der Waals surface area (Å²) in [6.45, 7) is 8.08. The van der Waals surface area contributed by atoms with Crippen molar-refractivity contribution in [3.05, 3.63) is 35.9 Å². The molecule has 0 bridgehead atoms. The van der Waals surface area contributed by atoms with Crippen LogP contribution in [0.5, 0.6) is 0 Å². The first-order valence-corrected chi connectivity index (χ1v) is 11.9. The molecule has 8 heteroatoms. The van der Waals surface area contributed by atoms with E-state index in [4.69, 9.17) is 5.73 Å². The summed E-state index contributed by atoms with van der Waals surface area (Å²) in [7, 11) is 0. The standard InChI is InChI=1S/C23H35N3O4S/c1-14(2)12-17(24)22(29)26(23(30)18(27)13-15(3)4)19-20(16-8-6-5-7-9-16)31-11-10-25-21(19)28/h5-9,14-15,17-20,27H,10-13,24H2,1-4H3,(H,25,28)/t17-,18-,19-,20+/m0/s1. The van der Waals surface area contributed by atoms with Gasteiger partial charge in [0.2, 0.25) is 11.8 Å². The Balaban J connectivity index is 2.52. The number of nitrogens with one attached hydrogen (secondary N) is 1. The van der Waals surface area contributed by atoms with Gasteiger partial charge >= 0.3 is 0 Å². The number of nitrogens with two attached hydrogens (primary N) is 1. The molecule has 0 aromatic heterocycles. The van der Waals surface area contributed by atoms with Gasteiger partial charge in [-0.15, -0.1) is 11.8 Å². The second-order valence-corrected chi connectivity index (χ2v) is 10.1. The van der Waals surface area contributed by atoms with Crippen LogP contribution in [0.1, 0.15) is 51.3 Å². The van der Waals surface area contributed by atoms with E-state index in [0.717, 1.165) is 10.5 Å². The highest BCUT2D eigenvalue weighted by molar-refractivity contribution is 7.99. The number of aliphatic hydroxyl groups is 1. The van der Waals surface area contributed by atoms with E-state index < -0.39 is 41.2 Å². The minimum atomic E-state index is -1.38. The molecule has 31 heavy (non-hydrogen) atoms. The third-order valence-corrected chi connectivity index (χ3v) is 6.49. The highest BCUT2D eigenvalue weighted by atomic mass is 32.2. The zero-order valence-electron chi connectivity index (χ0n) is 18.8. The summed E-state index contributed by atoms with van der Waals surface area (Å²) in [5, 5.41) is 13.0. The van der Waals surface area contributed by atoms with Gasteiger partial charge in [0, 0.05) is 12.3 Å². The lowest BCUT2D eigenvalue weighted by atomic mass is 9.97. The van der Waals surface area contributed by atoms with Gasteiger partial charge in [0.15, 0.2) is 0 Å². The minimum Gasteiger partial charge on any atom is -0.383 e. The number of amides is 3. The zero-order valence-corrected chi connectivity index (χ0v) is 19.6. The summed E-state index contributed by atoms with van der Waals surface area (Å²) >= 11 is 1.51. The maximum absolute atomic E-state index is 13.4.